The first kappa shape index (κ1) is 10.6. The van der Waals surface area contributed by atoms with Crippen LogP contribution in [0.25, 0.3) is 0 Å². The highest BCUT2D eigenvalue weighted by Crippen LogP contribution is 2.14. The summed E-state index contributed by atoms with van der Waals surface area (Å²) in [6.45, 7) is 4.22. The standard InChI is InChI=1S/C9H15NS/c1-3-5-6-7-9(8-10)11-4-2/h7H,3-6H2,1-2H3/b9-7+. The number of hydrogen-bond acceptors (Lipinski definition) is 2. The highest BCUT2D eigenvalue weighted by Gasteiger charge is 1.91. The van der Waals surface area contributed by atoms with Gasteiger partial charge in [-0.2, -0.15) is 5.26 Å². The van der Waals surface area contributed by atoms with E-state index in [1.807, 2.05) is 6.08 Å². The molecule has 0 radical (unpaired) electrons. The molecule has 0 atom stereocenters. The second-order valence-corrected chi connectivity index (χ2v) is 3.56. The summed E-state index contributed by atoms with van der Waals surface area (Å²) in [7, 11) is 0. The van der Waals surface area contributed by atoms with Gasteiger partial charge < -0.3 is 0 Å². The van der Waals surface area contributed by atoms with Crippen molar-refractivity contribution >= 4 is 11.8 Å². The van der Waals surface area contributed by atoms with Gasteiger partial charge in [-0.25, -0.2) is 0 Å². The molecule has 0 N–H and O–H groups in total. The molecular weight excluding hydrogens is 154 g/mol. The number of nitrogens with zero attached hydrogens (tertiary/aromatic N) is 1. The lowest BCUT2D eigenvalue weighted by atomic mass is 10.2. The molecular formula is C9H15NS. The van der Waals surface area contributed by atoms with Crippen LogP contribution in [-0.4, -0.2) is 5.75 Å². The van der Waals surface area contributed by atoms with Gasteiger partial charge in [0.1, 0.15) is 6.07 Å². The van der Waals surface area contributed by atoms with Crippen LogP contribution in [0.15, 0.2) is 11.0 Å². The molecule has 0 saturated heterocycles. The average molecular weight is 169 g/mol. The normalized spacial score (nSPS) is 11.2. The van der Waals surface area contributed by atoms with E-state index in [-0.39, 0.29) is 0 Å². The monoisotopic (exact) mass is 169 g/mol. The van der Waals surface area contributed by atoms with E-state index in [0.29, 0.717) is 0 Å². The lowest BCUT2D eigenvalue weighted by Gasteiger charge is -1.93. The second-order valence-electron chi connectivity index (χ2n) is 2.26. The number of thioether (sulfide) groups is 1. The molecule has 0 aliphatic rings. The van der Waals surface area contributed by atoms with Crippen LogP contribution in [0.5, 0.6) is 0 Å². The molecule has 0 fully saturated rings. The maximum absolute atomic E-state index is 8.62. The zero-order chi connectivity index (χ0) is 8.53. The van der Waals surface area contributed by atoms with Gasteiger partial charge in [0.2, 0.25) is 0 Å². The summed E-state index contributed by atoms with van der Waals surface area (Å²) in [6.07, 6.45) is 5.48. The molecule has 0 heterocycles. The molecule has 0 saturated carbocycles. The second kappa shape index (κ2) is 7.68. The number of allylic oxidation sites excluding steroid dienone is 2. The first-order valence-corrected chi connectivity index (χ1v) is 5.06. The summed E-state index contributed by atoms with van der Waals surface area (Å²) in [5, 5.41) is 8.62. The highest BCUT2D eigenvalue weighted by molar-refractivity contribution is 8.03. The molecule has 0 spiro atoms. The Morgan fingerprint density at radius 3 is 2.73 bits per heavy atom. The topological polar surface area (TPSA) is 23.8 Å². The molecule has 0 amide bonds. The van der Waals surface area contributed by atoms with E-state index in [2.05, 4.69) is 19.9 Å². The Labute approximate surface area is 73.5 Å². The van der Waals surface area contributed by atoms with Gasteiger partial charge in [-0.3, -0.25) is 0 Å². The van der Waals surface area contributed by atoms with Crippen molar-refractivity contribution in [1.82, 2.24) is 0 Å². The molecule has 0 bridgehead atoms. The lowest BCUT2D eigenvalue weighted by Crippen LogP contribution is -1.74. The fourth-order valence-corrected chi connectivity index (χ4v) is 1.34. The van der Waals surface area contributed by atoms with Crippen LogP contribution in [0.2, 0.25) is 0 Å². The van der Waals surface area contributed by atoms with E-state index in [0.717, 1.165) is 17.1 Å². The van der Waals surface area contributed by atoms with Crippen molar-refractivity contribution in [2.24, 2.45) is 0 Å². The molecule has 0 rings (SSSR count). The Morgan fingerprint density at radius 2 is 2.27 bits per heavy atom. The summed E-state index contributed by atoms with van der Waals surface area (Å²) in [5.41, 5.74) is 0. The lowest BCUT2D eigenvalue weighted by molar-refractivity contribution is 0.814. The van der Waals surface area contributed by atoms with Crippen molar-refractivity contribution in [3.05, 3.63) is 11.0 Å². The molecule has 0 aliphatic carbocycles. The number of rotatable bonds is 5. The zero-order valence-electron chi connectivity index (χ0n) is 7.26. The van der Waals surface area contributed by atoms with Crippen molar-refractivity contribution in [2.75, 3.05) is 5.75 Å². The van der Waals surface area contributed by atoms with Crippen LogP contribution in [-0.2, 0) is 0 Å². The third kappa shape index (κ3) is 6.00. The first-order chi connectivity index (χ1) is 5.35. The first-order valence-electron chi connectivity index (χ1n) is 4.08. The molecule has 0 unspecified atom stereocenters. The molecule has 0 aromatic carbocycles. The van der Waals surface area contributed by atoms with Gasteiger partial charge >= 0.3 is 0 Å². The Hall–Kier alpha value is -0.420. The minimum atomic E-state index is 0.876. The largest absolute Gasteiger partial charge is 0.192 e. The number of hydrogen-bond donors (Lipinski definition) is 0. The molecule has 62 valence electrons. The third-order valence-electron chi connectivity index (χ3n) is 1.30. The quantitative estimate of drug-likeness (QED) is 0.465. The summed E-state index contributed by atoms with van der Waals surface area (Å²) in [6, 6.07) is 2.19. The average Bonchev–Trinajstić information content (AvgIpc) is 2.03. The molecule has 0 aliphatic heterocycles. The van der Waals surface area contributed by atoms with Gasteiger partial charge in [-0.05, 0) is 12.2 Å². The Bertz CT molecular complexity index is 155. The predicted molar refractivity (Wildman–Crippen MR) is 51.4 cm³/mol. The van der Waals surface area contributed by atoms with Crippen LogP contribution in [0.4, 0.5) is 0 Å². The van der Waals surface area contributed by atoms with Crippen molar-refractivity contribution in [1.29, 1.82) is 5.26 Å². The van der Waals surface area contributed by atoms with Crippen molar-refractivity contribution in [2.45, 2.75) is 33.1 Å². The summed E-state index contributed by atoms with van der Waals surface area (Å²) >= 11 is 1.63. The van der Waals surface area contributed by atoms with Crippen molar-refractivity contribution in [3.8, 4) is 6.07 Å². The van der Waals surface area contributed by atoms with Crippen molar-refractivity contribution < 1.29 is 0 Å². The van der Waals surface area contributed by atoms with Gasteiger partial charge in [-0.1, -0.05) is 32.8 Å². The molecule has 11 heavy (non-hydrogen) atoms. The summed E-state index contributed by atoms with van der Waals surface area (Å²) in [4.78, 5) is 0.876. The summed E-state index contributed by atoms with van der Waals surface area (Å²) < 4.78 is 0. The summed E-state index contributed by atoms with van der Waals surface area (Å²) in [5.74, 6) is 0.992. The van der Waals surface area contributed by atoms with Crippen molar-refractivity contribution in [3.63, 3.8) is 0 Å². The molecule has 0 aromatic heterocycles. The third-order valence-corrected chi connectivity index (χ3v) is 2.16. The SMILES string of the molecule is CCCC/C=C(\C#N)SCC. The van der Waals surface area contributed by atoms with E-state index < -0.39 is 0 Å². The van der Waals surface area contributed by atoms with E-state index in [1.165, 1.54) is 12.8 Å². The zero-order valence-corrected chi connectivity index (χ0v) is 8.08. The van der Waals surface area contributed by atoms with Gasteiger partial charge in [0.15, 0.2) is 0 Å². The van der Waals surface area contributed by atoms with Crippen LogP contribution >= 0.6 is 11.8 Å². The van der Waals surface area contributed by atoms with Gasteiger partial charge in [0, 0.05) is 0 Å². The Balaban J connectivity index is 3.64. The Kier molecular flexibility index (Phi) is 7.39. The van der Waals surface area contributed by atoms with Crippen LogP contribution in [0.1, 0.15) is 33.1 Å². The number of unbranched alkanes of at least 4 members (excludes halogenated alkanes) is 2. The minimum Gasteiger partial charge on any atom is -0.192 e. The van der Waals surface area contributed by atoms with E-state index >= 15 is 0 Å². The maximum atomic E-state index is 8.62. The van der Waals surface area contributed by atoms with Gasteiger partial charge in [0.25, 0.3) is 0 Å². The smallest absolute Gasteiger partial charge is 0.106 e. The number of nitriles is 1. The minimum absolute atomic E-state index is 0.876. The molecule has 0 aromatic rings. The van der Waals surface area contributed by atoms with Crippen LogP contribution < -0.4 is 0 Å². The highest BCUT2D eigenvalue weighted by atomic mass is 32.2. The Morgan fingerprint density at radius 1 is 1.55 bits per heavy atom. The van der Waals surface area contributed by atoms with E-state index in [4.69, 9.17) is 5.26 Å². The maximum Gasteiger partial charge on any atom is 0.106 e. The fraction of sp³-hybridized carbons (Fsp3) is 0.667. The predicted octanol–water partition coefficient (Wildman–Crippen LogP) is 3.34. The van der Waals surface area contributed by atoms with Crippen LogP contribution in [0.3, 0.4) is 0 Å². The van der Waals surface area contributed by atoms with Crippen LogP contribution in [0, 0.1) is 11.3 Å². The van der Waals surface area contributed by atoms with E-state index in [1.54, 1.807) is 11.8 Å². The van der Waals surface area contributed by atoms with Gasteiger partial charge in [-0.15, -0.1) is 11.8 Å². The van der Waals surface area contributed by atoms with Gasteiger partial charge in [0.05, 0.1) is 4.91 Å². The molecule has 2 heteroatoms. The fourth-order valence-electron chi connectivity index (χ4n) is 0.730. The van der Waals surface area contributed by atoms with E-state index in [9.17, 15) is 0 Å². The molecule has 1 nitrogen and oxygen atoms in total.